The third-order valence-corrected chi connectivity index (χ3v) is 2.85. The second-order valence-corrected chi connectivity index (χ2v) is 4.28. The van der Waals surface area contributed by atoms with Gasteiger partial charge in [-0.3, -0.25) is 4.79 Å². The number of rotatable bonds is 5. The van der Waals surface area contributed by atoms with E-state index in [0.29, 0.717) is 11.3 Å². The van der Waals surface area contributed by atoms with E-state index in [4.69, 9.17) is 10.2 Å². The van der Waals surface area contributed by atoms with Crippen molar-refractivity contribution < 1.29 is 19.8 Å². The Bertz CT molecular complexity index is 636. The van der Waals surface area contributed by atoms with Crippen LogP contribution >= 0.6 is 0 Å². The number of hydrogen-bond donors (Lipinski definition) is 2. The Morgan fingerprint density at radius 2 is 1.90 bits per heavy atom. The lowest BCUT2D eigenvalue weighted by atomic mass is 10.1. The largest absolute Gasteiger partial charge is 0.481 e. The molecule has 2 N–H and O–H groups in total. The van der Waals surface area contributed by atoms with Crippen LogP contribution in [0.3, 0.4) is 0 Å². The Morgan fingerprint density at radius 1 is 1.25 bits per heavy atom. The predicted molar refractivity (Wildman–Crippen MR) is 69.1 cm³/mol. The van der Waals surface area contributed by atoms with Gasteiger partial charge in [0, 0.05) is 5.56 Å². The molecular formula is C13H13N3O4. The first kappa shape index (κ1) is 13.7. The molecule has 0 fully saturated rings. The van der Waals surface area contributed by atoms with E-state index >= 15 is 0 Å². The molecule has 0 aliphatic heterocycles. The van der Waals surface area contributed by atoms with Crippen molar-refractivity contribution in [3.05, 3.63) is 36.0 Å². The van der Waals surface area contributed by atoms with Crippen LogP contribution in [0.4, 0.5) is 0 Å². The molecule has 0 amide bonds. The molecule has 0 bridgehead atoms. The Balaban J connectivity index is 2.57. The normalized spacial score (nSPS) is 12.1. The molecule has 0 radical (unpaired) electrons. The van der Waals surface area contributed by atoms with E-state index < -0.39 is 18.0 Å². The Labute approximate surface area is 114 Å². The first-order chi connectivity index (χ1) is 9.50. The topological polar surface area (TPSA) is 105 Å². The molecule has 0 saturated heterocycles. The molecule has 1 atom stereocenters. The van der Waals surface area contributed by atoms with E-state index in [1.54, 1.807) is 24.3 Å². The molecule has 1 aromatic carbocycles. The van der Waals surface area contributed by atoms with Crippen molar-refractivity contribution in [1.82, 2.24) is 15.0 Å². The van der Waals surface area contributed by atoms with Crippen LogP contribution in [-0.4, -0.2) is 37.1 Å². The molecule has 0 aliphatic rings. The van der Waals surface area contributed by atoms with Crippen LogP contribution in [0.5, 0.6) is 0 Å². The summed E-state index contributed by atoms with van der Waals surface area (Å²) in [7, 11) is 0. The number of benzene rings is 1. The summed E-state index contributed by atoms with van der Waals surface area (Å²) in [6, 6.07) is 7.96. The van der Waals surface area contributed by atoms with E-state index in [-0.39, 0.29) is 12.1 Å². The van der Waals surface area contributed by atoms with Crippen LogP contribution in [0.1, 0.15) is 18.7 Å². The van der Waals surface area contributed by atoms with Crippen LogP contribution in [0.2, 0.25) is 0 Å². The zero-order valence-electron chi connectivity index (χ0n) is 10.7. The lowest BCUT2D eigenvalue weighted by Gasteiger charge is -2.11. The zero-order valence-corrected chi connectivity index (χ0v) is 10.7. The molecule has 7 nitrogen and oxygen atoms in total. The van der Waals surface area contributed by atoms with Gasteiger partial charge in [0.1, 0.15) is 11.7 Å². The maximum Gasteiger partial charge on any atom is 0.328 e. The van der Waals surface area contributed by atoms with Crippen LogP contribution in [-0.2, 0) is 16.0 Å². The first-order valence-corrected chi connectivity index (χ1v) is 5.94. The molecule has 7 heteroatoms. The zero-order chi connectivity index (χ0) is 14.7. The minimum atomic E-state index is -1.06. The van der Waals surface area contributed by atoms with Gasteiger partial charge in [-0.1, -0.05) is 35.5 Å². The molecule has 0 aliphatic carbocycles. The third-order valence-electron chi connectivity index (χ3n) is 2.85. The van der Waals surface area contributed by atoms with Crippen LogP contribution < -0.4 is 0 Å². The van der Waals surface area contributed by atoms with Gasteiger partial charge in [-0.2, -0.15) is 0 Å². The monoisotopic (exact) mass is 275 g/mol. The van der Waals surface area contributed by atoms with Gasteiger partial charge in [-0.05, 0) is 6.92 Å². The fourth-order valence-electron chi connectivity index (χ4n) is 1.86. The summed E-state index contributed by atoms with van der Waals surface area (Å²) >= 11 is 0. The standard InChI is InChI=1S/C13H13N3O4/c1-8(13(19)20)16-12(9-5-3-2-4-6-9)10(14-15-16)7-11(17)18/h2-6,8H,7H2,1H3,(H,17,18)(H,19,20). The van der Waals surface area contributed by atoms with Gasteiger partial charge in [-0.25, -0.2) is 9.48 Å². The highest BCUT2D eigenvalue weighted by molar-refractivity contribution is 5.76. The summed E-state index contributed by atoms with van der Waals surface area (Å²) in [6.45, 7) is 1.47. The SMILES string of the molecule is CC(C(=O)O)n1nnc(CC(=O)O)c1-c1ccccc1. The Hall–Kier alpha value is -2.70. The van der Waals surface area contributed by atoms with Crippen LogP contribution in [0, 0.1) is 0 Å². The molecule has 104 valence electrons. The number of aliphatic carboxylic acids is 2. The van der Waals surface area contributed by atoms with Gasteiger partial charge < -0.3 is 10.2 Å². The van der Waals surface area contributed by atoms with E-state index in [1.165, 1.54) is 11.6 Å². The van der Waals surface area contributed by atoms with Gasteiger partial charge in [0.05, 0.1) is 12.1 Å². The summed E-state index contributed by atoms with van der Waals surface area (Å²) in [5.74, 6) is -2.11. The van der Waals surface area contributed by atoms with Gasteiger partial charge in [0.25, 0.3) is 0 Å². The van der Waals surface area contributed by atoms with Crippen molar-refractivity contribution in [3.63, 3.8) is 0 Å². The number of hydrogen-bond acceptors (Lipinski definition) is 4. The van der Waals surface area contributed by atoms with Crippen LogP contribution in [0.25, 0.3) is 11.3 Å². The van der Waals surface area contributed by atoms with Crippen molar-refractivity contribution in [3.8, 4) is 11.3 Å². The van der Waals surface area contributed by atoms with Crippen molar-refractivity contribution >= 4 is 11.9 Å². The van der Waals surface area contributed by atoms with Crippen molar-refractivity contribution in [2.45, 2.75) is 19.4 Å². The highest BCUT2D eigenvalue weighted by Crippen LogP contribution is 2.25. The molecule has 1 heterocycles. The van der Waals surface area contributed by atoms with Gasteiger partial charge >= 0.3 is 11.9 Å². The molecule has 2 aromatic rings. The van der Waals surface area contributed by atoms with Gasteiger partial charge in [-0.15, -0.1) is 5.10 Å². The second kappa shape index (κ2) is 5.52. The summed E-state index contributed by atoms with van der Waals surface area (Å²) < 4.78 is 1.23. The lowest BCUT2D eigenvalue weighted by Crippen LogP contribution is -2.18. The van der Waals surface area contributed by atoms with E-state index in [9.17, 15) is 9.59 Å². The summed E-state index contributed by atoms with van der Waals surface area (Å²) in [4.78, 5) is 22.0. The molecule has 20 heavy (non-hydrogen) atoms. The summed E-state index contributed by atoms with van der Waals surface area (Å²) in [6.07, 6.45) is -0.309. The Morgan fingerprint density at radius 3 is 2.45 bits per heavy atom. The van der Waals surface area contributed by atoms with Gasteiger partial charge in [0.15, 0.2) is 0 Å². The number of carbonyl (C=O) groups is 2. The lowest BCUT2D eigenvalue weighted by molar-refractivity contribution is -0.140. The van der Waals surface area contributed by atoms with E-state index in [1.807, 2.05) is 6.07 Å². The van der Waals surface area contributed by atoms with E-state index in [0.717, 1.165) is 0 Å². The number of carboxylic acid groups (broad SMARTS) is 2. The Kier molecular flexibility index (Phi) is 3.79. The maximum atomic E-state index is 11.1. The molecule has 2 rings (SSSR count). The van der Waals surface area contributed by atoms with Crippen molar-refractivity contribution in [2.75, 3.05) is 0 Å². The maximum absolute atomic E-state index is 11.1. The highest BCUT2D eigenvalue weighted by Gasteiger charge is 2.23. The molecule has 1 aromatic heterocycles. The van der Waals surface area contributed by atoms with E-state index in [2.05, 4.69) is 10.3 Å². The van der Waals surface area contributed by atoms with Crippen molar-refractivity contribution in [2.24, 2.45) is 0 Å². The fourth-order valence-corrected chi connectivity index (χ4v) is 1.86. The number of nitrogens with zero attached hydrogens (tertiary/aromatic N) is 3. The second-order valence-electron chi connectivity index (χ2n) is 4.28. The fraction of sp³-hybridized carbons (Fsp3) is 0.231. The average molecular weight is 275 g/mol. The van der Waals surface area contributed by atoms with Crippen molar-refractivity contribution in [1.29, 1.82) is 0 Å². The third kappa shape index (κ3) is 2.66. The molecular weight excluding hydrogens is 262 g/mol. The number of carboxylic acids is 2. The first-order valence-electron chi connectivity index (χ1n) is 5.94. The predicted octanol–water partition coefficient (Wildman–Crippen LogP) is 1.22. The smallest absolute Gasteiger partial charge is 0.328 e. The number of aromatic nitrogens is 3. The molecule has 0 saturated carbocycles. The summed E-state index contributed by atoms with van der Waals surface area (Å²) in [5.41, 5.74) is 1.35. The summed E-state index contributed by atoms with van der Waals surface area (Å²) in [5, 5.41) is 25.6. The van der Waals surface area contributed by atoms with Crippen LogP contribution in [0.15, 0.2) is 30.3 Å². The minimum Gasteiger partial charge on any atom is -0.481 e. The molecule has 0 spiro atoms. The quantitative estimate of drug-likeness (QED) is 0.849. The molecule has 1 unspecified atom stereocenters. The highest BCUT2D eigenvalue weighted by atomic mass is 16.4. The average Bonchev–Trinajstić information content (AvgIpc) is 2.81. The van der Waals surface area contributed by atoms with Gasteiger partial charge in [0.2, 0.25) is 0 Å². The minimum absolute atomic E-state index is 0.247.